The van der Waals surface area contributed by atoms with E-state index in [9.17, 15) is 4.79 Å². The largest absolute Gasteiger partial charge is 2.00 e. The molecule has 0 saturated heterocycles. The van der Waals surface area contributed by atoms with Gasteiger partial charge in [-0.15, -0.1) is 5.92 Å². The second kappa shape index (κ2) is 11.9. The van der Waals surface area contributed by atoms with Crippen LogP contribution in [0.4, 0.5) is 0 Å². The van der Waals surface area contributed by atoms with Crippen molar-refractivity contribution in [2.45, 2.75) is 20.8 Å². The van der Waals surface area contributed by atoms with Gasteiger partial charge in [-0.2, -0.15) is 6.92 Å². The van der Waals surface area contributed by atoms with Gasteiger partial charge in [0.05, 0.1) is 6.61 Å². The molecule has 0 spiro atoms. The molecule has 0 aromatic heterocycles. The van der Waals surface area contributed by atoms with Crippen molar-refractivity contribution in [1.29, 1.82) is 0 Å². The van der Waals surface area contributed by atoms with Gasteiger partial charge in [-0.25, -0.2) is 4.79 Å². The number of hydrogen-bond acceptors (Lipinski definition) is 2. The van der Waals surface area contributed by atoms with Crippen LogP contribution in [0, 0.1) is 19.8 Å². The molecule has 1 atom stereocenters. The van der Waals surface area contributed by atoms with Crippen molar-refractivity contribution >= 4 is 5.97 Å². The molecule has 13 heavy (non-hydrogen) atoms. The quantitative estimate of drug-likeness (QED) is 0.442. The molecule has 0 saturated carbocycles. The molecule has 2 nitrogen and oxygen atoms in total. The van der Waals surface area contributed by atoms with Gasteiger partial charge in [0.25, 0.3) is 0 Å². The van der Waals surface area contributed by atoms with E-state index in [1.165, 1.54) is 0 Å². The second-order valence-corrected chi connectivity index (χ2v) is 2.48. The zero-order valence-electron chi connectivity index (χ0n) is 8.63. The van der Waals surface area contributed by atoms with E-state index in [0.29, 0.717) is 12.2 Å². The van der Waals surface area contributed by atoms with Crippen molar-refractivity contribution in [2.75, 3.05) is 6.61 Å². The van der Waals surface area contributed by atoms with Crippen LogP contribution in [0.1, 0.15) is 20.8 Å². The molecular weight excluding hydrogens is 336 g/mol. The Morgan fingerprint density at radius 2 is 1.92 bits per heavy atom. The van der Waals surface area contributed by atoms with Gasteiger partial charge in [0, 0.05) is 5.57 Å². The summed E-state index contributed by atoms with van der Waals surface area (Å²) in [6, 6.07) is 0. The van der Waals surface area contributed by atoms with Crippen LogP contribution in [0.25, 0.3) is 0 Å². The molecule has 0 fully saturated rings. The predicted molar refractivity (Wildman–Crippen MR) is 51.3 cm³/mol. The number of rotatable bonds is 3. The SMILES string of the molecule is C=C(C)C(=O)OCC([CH2-])C.[CH2-]C.[W+2]. The van der Waals surface area contributed by atoms with Crippen LogP contribution in [0.3, 0.4) is 0 Å². The Labute approximate surface area is 96.0 Å². The number of carbonyl (C=O) groups excluding carboxylic acids is 1. The molecule has 0 amide bonds. The minimum Gasteiger partial charge on any atom is -0.465 e. The van der Waals surface area contributed by atoms with Crippen molar-refractivity contribution < 1.29 is 30.6 Å². The first-order chi connectivity index (χ1) is 5.54. The predicted octanol–water partition coefficient (Wildman–Crippen LogP) is 2.41. The molecule has 3 heteroatoms. The third kappa shape index (κ3) is 14.7. The van der Waals surface area contributed by atoms with E-state index in [2.05, 4.69) is 20.4 Å². The van der Waals surface area contributed by atoms with Gasteiger partial charge >= 0.3 is 27.0 Å². The van der Waals surface area contributed by atoms with Crippen molar-refractivity contribution in [2.24, 2.45) is 5.92 Å². The zero-order chi connectivity index (χ0) is 10.1. The Kier molecular flexibility index (Phi) is 17.1. The Morgan fingerprint density at radius 1 is 1.54 bits per heavy atom. The van der Waals surface area contributed by atoms with E-state index in [-0.39, 0.29) is 33.0 Å². The van der Waals surface area contributed by atoms with Gasteiger partial charge in [0.2, 0.25) is 0 Å². The van der Waals surface area contributed by atoms with E-state index < -0.39 is 0 Å². The minimum absolute atomic E-state index is 0. The van der Waals surface area contributed by atoms with Crippen molar-refractivity contribution in [3.8, 4) is 0 Å². The smallest absolute Gasteiger partial charge is 0.465 e. The standard InChI is InChI=1S/C8H13O2.C2H5.W/c1-6(2)5-10-8(9)7(3)4;1-2;/h6H,1,3,5H2,2,4H3;1H2,2H3;/q2*-1;+2. The molecule has 0 aromatic rings. The van der Waals surface area contributed by atoms with Crippen LogP contribution < -0.4 is 0 Å². The maximum atomic E-state index is 10.7. The molecule has 0 bridgehead atoms. The summed E-state index contributed by atoms with van der Waals surface area (Å²) in [5.41, 5.74) is 0.431. The van der Waals surface area contributed by atoms with Gasteiger partial charge in [-0.3, -0.25) is 0 Å². The van der Waals surface area contributed by atoms with E-state index >= 15 is 0 Å². The molecule has 0 aliphatic rings. The Balaban J connectivity index is -0.000000309. The van der Waals surface area contributed by atoms with E-state index in [0.717, 1.165) is 0 Å². The summed E-state index contributed by atoms with van der Waals surface area (Å²) in [5.74, 6) is -0.196. The second-order valence-electron chi connectivity index (χ2n) is 2.48. The summed E-state index contributed by atoms with van der Waals surface area (Å²) in [5, 5.41) is 0. The number of hydrogen-bond donors (Lipinski definition) is 0. The Bertz CT molecular complexity index is 142. The first-order valence-corrected chi connectivity index (χ1v) is 3.90. The Hall–Kier alpha value is -0.102. The molecule has 76 valence electrons. The third-order valence-electron chi connectivity index (χ3n) is 0.847. The molecule has 0 N–H and O–H groups in total. The van der Waals surface area contributed by atoms with Crippen LogP contribution in [-0.4, -0.2) is 12.6 Å². The Morgan fingerprint density at radius 3 is 2.15 bits per heavy atom. The van der Waals surface area contributed by atoms with Crippen LogP contribution in [0.15, 0.2) is 12.2 Å². The molecule has 0 radical (unpaired) electrons. The van der Waals surface area contributed by atoms with Crippen molar-refractivity contribution in [3.05, 3.63) is 26.0 Å². The summed E-state index contributed by atoms with van der Waals surface area (Å²) in [4.78, 5) is 10.7. The molecular formula is C10H18O2W. The molecule has 0 heterocycles. The van der Waals surface area contributed by atoms with Gasteiger partial charge in [-0.1, -0.05) is 13.5 Å². The number of ether oxygens (including phenoxy) is 1. The van der Waals surface area contributed by atoms with Crippen LogP contribution >= 0.6 is 0 Å². The van der Waals surface area contributed by atoms with Crippen molar-refractivity contribution in [3.63, 3.8) is 0 Å². The van der Waals surface area contributed by atoms with Gasteiger partial charge in [-0.05, 0) is 6.92 Å². The molecule has 0 rings (SSSR count). The first-order valence-electron chi connectivity index (χ1n) is 3.90. The number of esters is 1. The van der Waals surface area contributed by atoms with E-state index in [4.69, 9.17) is 4.74 Å². The summed E-state index contributed by atoms with van der Waals surface area (Å²) < 4.78 is 4.76. The first kappa shape index (κ1) is 18.6. The summed E-state index contributed by atoms with van der Waals surface area (Å²) in [6.45, 7) is 16.0. The van der Waals surface area contributed by atoms with Crippen LogP contribution in [-0.2, 0) is 30.6 Å². The fraction of sp³-hybridized carbons (Fsp3) is 0.500. The summed E-state index contributed by atoms with van der Waals surface area (Å²) in [6.07, 6.45) is 0. The average Bonchev–Trinajstić information content (AvgIpc) is 2.03. The molecule has 0 aliphatic heterocycles. The van der Waals surface area contributed by atoms with Crippen LogP contribution in [0.2, 0.25) is 0 Å². The summed E-state index contributed by atoms with van der Waals surface area (Å²) in [7, 11) is 0. The maximum absolute atomic E-state index is 10.7. The van der Waals surface area contributed by atoms with Crippen molar-refractivity contribution in [1.82, 2.24) is 0 Å². The fourth-order valence-electron chi connectivity index (χ4n) is 0.341. The maximum Gasteiger partial charge on any atom is 2.00 e. The summed E-state index contributed by atoms with van der Waals surface area (Å²) >= 11 is 0. The molecule has 0 aromatic carbocycles. The van der Waals surface area contributed by atoms with E-state index in [1.54, 1.807) is 13.8 Å². The number of carbonyl (C=O) groups is 1. The molecule has 1 unspecified atom stereocenters. The molecule has 0 aliphatic carbocycles. The normalized spacial score (nSPS) is 9.92. The van der Waals surface area contributed by atoms with Gasteiger partial charge in [0.1, 0.15) is 0 Å². The van der Waals surface area contributed by atoms with E-state index in [1.807, 2.05) is 6.92 Å². The third-order valence-corrected chi connectivity index (χ3v) is 0.847. The van der Waals surface area contributed by atoms with Crippen LogP contribution in [0.5, 0.6) is 0 Å². The topological polar surface area (TPSA) is 26.3 Å². The van der Waals surface area contributed by atoms with Gasteiger partial charge in [0.15, 0.2) is 0 Å². The minimum atomic E-state index is -0.337. The zero-order valence-corrected chi connectivity index (χ0v) is 11.6. The fourth-order valence-corrected chi connectivity index (χ4v) is 0.341. The monoisotopic (exact) mass is 354 g/mol. The average molecular weight is 354 g/mol. The van der Waals surface area contributed by atoms with Gasteiger partial charge < -0.3 is 18.6 Å².